The summed E-state index contributed by atoms with van der Waals surface area (Å²) in [6.07, 6.45) is 0. The molecule has 0 bridgehead atoms. The van der Waals surface area contributed by atoms with Gasteiger partial charge in [-0.25, -0.2) is 8.42 Å². The van der Waals surface area contributed by atoms with Gasteiger partial charge in [0.1, 0.15) is 0 Å². The summed E-state index contributed by atoms with van der Waals surface area (Å²) in [4.78, 5) is 0.220. The van der Waals surface area contributed by atoms with Gasteiger partial charge in [0.25, 0.3) is 0 Å². The summed E-state index contributed by atoms with van der Waals surface area (Å²) in [5.41, 5.74) is 5.64. The van der Waals surface area contributed by atoms with E-state index in [4.69, 9.17) is 22.1 Å². The van der Waals surface area contributed by atoms with Crippen molar-refractivity contribution in [3.05, 3.63) is 28.8 Å². The van der Waals surface area contributed by atoms with E-state index >= 15 is 0 Å². The van der Waals surface area contributed by atoms with Crippen LogP contribution in [0.4, 0.5) is 0 Å². The fourth-order valence-electron chi connectivity index (χ4n) is 2.28. The molecule has 112 valence electrons. The predicted octanol–water partition coefficient (Wildman–Crippen LogP) is 1.60. The van der Waals surface area contributed by atoms with Crippen LogP contribution in [0, 0.1) is 0 Å². The topological polar surface area (TPSA) is 72.6 Å². The van der Waals surface area contributed by atoms with Gasteiger partial charge in [-0.2, -0.15) is 4.31 Å². The van der Waals surface area contributed by atoms with E-state index < -0.39 is 15.6 Å². The number of hydrogen-bond donors (Lipinski definition) is 1. The SMILES string of the molecule is CC1(C)COCCN1S(=O)(=O)c1ccc(Cl)c(CN)c1. The first kappa shape index (κ1) is 15.7. The van der Waals surface area contributed by atoms with Crippen molar-refractivity contribution in [3.63, 3.8) is 0 Å². The highest BCUT2D eigenvalue weighted by Gasteiger charge is 2.39. The van der Waals surface area contributed by atoms with Gasteiger partial charge in [0.05, 0.1) is 23.6 Å². The minimum atomic E-state index is -3.58. The average molecular weight is 319 g/mol. The van der Waals surface area contributed by atoms with Gasteiger partial charge in [-0.15, -0.1) is 0 Å². The Morgan fingerprint density at radius 2 is 2.15 bits per heavy atom. The predicted molar refractivity (Wildman–Crippen MR) is 78.1 cm³/mol. The lowest BCUT2D eigenvalue weighted by molar-refractivity contribution is -0.00771. The highest BCUT2D eigenvalue weighted by molar-refractivity contribution is 7.89. The molecular formula is C13H19ClN2O3S. The van der Waals surface area contributed by atoms with Gasteiger partial charge >= 0.3 is 0 Å². The molecule has 1 saturated heterocycles. The molecule has 1 aliphatic rings. The second kappa shape index (κ2) is 5.61. The van der Waals surface area contributed by atoms with Crippen molar-refractivity contribution in [1.82, 2.24) is 4.31 Å². The maximum Gasteiger partial charge on any atom is 0.243 e. The summed E-state index contributed by atoms with van der Waals surface area (Å²) in [5.74, 6) is 0. The van der Waals surface area contributed by atoms with Crippen molar-refractivity contribution in [2.75, 3.05) is 19.8 Å². The van der Waals surface area contributed by atoms with Gasteiger partial charge in [-0.05, 0) is 37.6 Å². The quantitative estimate of drug-likeness (QED) is 0.918. The first-order valence-electron chi connectivity index (χ1n) is 6.38. The minimum Gasteiger partial charge on any atom is -0.378 e. The Hall–Kier alpha value is -0.660. The largest absolute Gasteiger partial charge is 0.378 e. The Bertz CT molecular complexity index is 602. The summed E-state index contributed by atoms with van der Waals surface area (Å²) in [6, 6.07) is 4.63. The monoisotopic (exact) mass is 318 g/mol. The summed E-state index contributed by atoms with van der Waals surface area (Å²) in [6.45, 7) is 5.03. The van der Waals surface area contributed by atoms with Crippen LogP contribution < -0.4 is 5.73 Å². The van der Waals surface area contributed by atoms with Crippen LogP contribution in [0.3, 0.4) is 0 Å². The molecule has 7 heteroatoms. The van der Waals surface area contributed by atoms with Crippen LogP contribution in [0.5, 0.6) is 0 Å². The van der Waals surface area contributed by atoms with Crippen molar-refractivity contribution in [3.8, 4) is 0 Å². The molecule has 0 aromatic heterocycles. The maximum atomic E-state index is 12.8. The summed E-state index contributed by atoms with van der Waals surface area (Å²) in [7, 11) is -3.58. The zero-order valence-electron chi connectivity index (χ0n) is 11.6. The number of benzene rings is 1. The molecule has 1 aliphatic heterocycles. The van der Waals surface area contributed by atoms with Gasteiger partial charge in [-0.1, -0.05) is 11.6 Å². The second-order valence-corrected chi connectivity index (χ2v) is 7.67. The van der Waals surface area contributed by atoms with E-state index in [9.17, 15) is 8.42 Å². The van der Waals surface area contributed by atoms with Crippen LogP contribution in [0.2, 0.25) is 5.02 Å². The highest BCUT2D eigenvalue weighted by Crippen LogP contribution is 2.29. The molecule has 1 aromatic carbocycles. The lowest BCUT2D eigenvalue weighted by Crippen LogP contribution is -2.55. The fourth-order valence-corrected chi connectivity index (χ4v) is 4.28. The Morgan fingerprint density at radius 1 is 1.45 bits per heavy atom. The molecule has 1 fully saturated rings. The van der Waals surface area contributed by atoms with E-state index in [-0.39, 0.29) is 11.4 Å². The molecule has 2 N–H and O–H groups in total. The third-order valence-electron chi connectivity index (χ3n) is 3.39. The number of hydrogen-bond acceptors (Lipinski definition) is 4. The third-order valence-corrected chi connectivity index (χ3v) is 5.87. The van der Waals surface area contributed by atoms with Crippen LogP contribution in [0.15, 0.2) is 23.1 Å². The van der Waals surface area contributed by atoms with Crippen LogP contribution >= 0.6 is 11.6 Å². The molecule has 0 atom stereocenters. The van der Waals surface area contributed by atoms with Crippen LogP contribution in [0.1, 0.15) is 19.4 Å². The summed E-state index contributed by atoms with van der Waals surface area (Å²) >= 11 is 5.98. The Kier molecular flexibility index (Phi) is 4.41. The number of ether oxygens (including phenoxy) is 1. The number of rotatable bonds is 3. The number of sulfonamides is 1. The number of nitrogens with two attached hydrogens (primary N) is 1. The lowest BCUT2D eigenvalue weighted by atomic mass is 10.1. The standard InChI is InChI=1S/C13H19ClN2O3S/c1-13(2)9-19-6-5-16(13)20(17,18)11-3-4-12(14)10(7-11)8-15/h3-4,7H,5-6,8-9,15H2,1-2H3. The molecule has 1 heterocycles. The maximum absolute atomic E-state index is 12.8. The van der Waals surface area contributed by atoms with Crippen molar-refractivity contribution in [2.24, 2.45) is 5.73 Å². The van der Waals surface area contributed by atoms with Gasteiger partial charge < -0.3 is 10.5 Å². The Labute approximate surface area is 124 Å². The van der Waals surface area contributed by atoms with E-state index in [1.165, 1.54) is 10.4 Å². The lowest BCUT2D eigenvalue weighted by Gasteiger charge is -2.40. The highest BCUT2D eigenvalue weighted by atomic mass is 35.5. The molecule has 0 aliphatic carbocycles. The second-order valence-electron chi connectivity index (χ2n) is 5.40. The minimum absolute atomic E-state index is 0.203. The first-order valence-corrected chi connectivity index (χ1v) is 8.20. The molecule has 20 heavy (non-hydrogen) atoms. The van der Waals surface area contributed by atoms with E-state index in [1.807, 2.05) is 13.8 Å². The van der Waals surface area contributed by atoms with Gasteiger partial charge in [-0.3, -0.25) is 0 Å². The number of halogens is 1. The molecule has 5 nitrogen and oxygen atoms in total. The summed E-state index contributed by atoms with van der Waals surface area (Å²) in [5, 5.41) is 0.479. The molecule has 2 rings (SSSR count). The average Bonchev–Trinajstić information content (AvgIpc) is 2.38. The van der Waals surface area contributed by atoms with Crippen molar-refractivity contribution in [2.45, 2.75) is 30.8 Å². The smallest absolute Gasteiger partial charge is 0.243 e. The number of morpholine rings is 1. The van der Waals surface area contributed by atoms with E-state index in [1.54, 1.807) is 12.1 Å². The van der Waals surface area contributed by atoms with E-state index in [0.29, 0.717) is 30.3 Å². The van der Waals surface area contributed by atoms with Crippen LogP contribution in [-0.4, -0.2) is 38.0 Å². The van der Waals surface area contributed by atoms with E-state index in [0.717, 1.165) is 0 Å². The van der Waals surface area contributed by atoms with Gasteiger partial charge in [0, 0.05) is 18.1 Å². The third kappa shape index (κ3) is 2.84. The fraction of sp³-hybridized carbons (Fsp3) is 0.538. The zero-order chi connectivity index (χ0) is 15.0. The van der Waals surface area contributed by atoms with Crippen molar-refractivity contribution >= 4 is 21.6 Å². The van der Waals surface area contributed by atoms with Crippen LogP contribution in [0.25, 0.3) is 0 Å². The molecule has 0 amide bonds. The molecule has 0 radical (unpaired) electrons. The molecule has 0 saturated carbocycles. The molecule has 0 spiro atoms. The van der Waals surface area contributed by atoms with Crippen molar-refractivity contribution in [1.29, 1.82) is 0 Å². The van der Waals surface area contributed by atoms with Crippen LogP contribution in [-0.2, 0) is 21.3 Å². The number of nitrogens with zero attached hydrogens (tertiary/aromatic N) is 1. The van der Waals surface area contributed by atoms with Gasteiger partial charge in [0.15, 0.2) is 0 Å². The molecule has 1 aromatic rings. The van der Waals surface area contributed by atoms with E-state index in [2.05, 4.69) is 0 Å². The van der Waals surface area contributed by atoms with Gasteiger partial charge in [0.2, 0.25) is 10.0 Å². The summed E-state index contributed by atoms with van der Waals surface area (Å²) < 4.78 is 32.4. The molecule has 0 unspecified atom stereocenters. The Balaban J connectivity index is 2.44. The normalized spacial score (nSPS) is 20.0. The zero-order valence-corrected chi connectivity index (χ0v) is 13.2. The van der Waals surface area contributed by atoms with Crippen molar-refractivity contribution < 1.29 is 13.2 Å². The Morgan fingerprint density at radius 3 is 2.75 bits per heavy atom. The molecular weight excluding hydrogens is 300 g/mol. The first-order chi connectivity index (χ1) is 9.29.